The van der Waals surface area contributed by atoms with Gasteiger partial charge in [0.05, 0.1) is 0 Å². The van der Waals surface area contributed by atoms with E-state index in [0.29, 0.717) is 0 Å². The highest BCUT2D eigenvalue weighted by molar-refractivity contribution is 5.44. The van der Waals surface area contributed by atoms with Gasteiger partial charge < -0.3 is 5.32 Å². The van der Waals surface area contributed by atoms with Crippen LogP contribution in [0.1, 0.15) is 13.3 Å². The van der Waals surface area contributed by atoms with Crippen molar-refractivity contribution in [3.8, 4) is 0 Å². The van der Waals surface area contributed by atoms with Crippen LogP contribution in [0.2, 0.25) is 0 Å². The molecule has 13 heavy (non-hydrogen) atoms. The monoisotopic (exact) mass is 175 g/mol. The highest BCUT2D eigenvalue weighted by atomic mass is 14.8. The fraction of sp³-hybridized carbons (Fsp3) is 0.167. The van der Waals surface area contributed by atoms with Gasteiger partial charge in [-0.15, -0.1) is 6.58 Å². The molecule has 1 heteroatoms. The molecule has 1 nitrogen and oxygen atoms in total. The number of hydrogen-bond acceptors (Lipinski definition) is 1. The lowest BCUT2D eigenvalue weighted by Gasteiger charge is -1.95. The summed E-state index contributed by atoms with van der Waals surface area (Å²) in [6, 6.07) is 9.91. The largest absolute Gasteiger partial charge is 0.362 e. The Hall–Kier alpha value is -1.50. The molecule has 0 aliphatic rings. The first-order valence-corrected chi connectivity index (χ1v) is 4.38. The molecule has 1 N–H and O–H groups in total. The first kappa shape index (κ1) is 11.5. The summed E-state index contributed by atoms with van der Waals surface area (Å²) in [5.41, 5.74) is 1.08. The molecule has 0 aromatic heterocycles. The molecule has 0 saturated carbocycles. The topological polar surface area (TPSA) is 12.0 Å². The van der Waals surface area contributed by atoms with Crippen molar-refractivity contribution in [3.63, 3.8) is 0 Å². The average molecular weight is 175 g/mol. The fourth-order valence-electron chi connectivity index (χ4n) is 0.652. The van der Waals surface area contributed by atoms with Gasteiger partial charge in [-0.2, -0.15) is 0 Å². The molecule has 0 heterocycles. The van der Waals surface area contributed by atoms with Crippen LogP contribution in [0, 0.1) is 0 Å². The molecule has 0 spiro atoms. The summed E-state index contributed by atoms with van der Waals surface area (Å²) in [6.45, 7) is 9.09. The lowest BCUT2D eigenvalue weighted by molar-refractivity contribution is 1.23. The molecule has 1 aromatic rings. The third-order valence-electron chi connectivity index (χ3n) is 1.33. The summed E-state index contributed by atoms with van der Waals surface area (Å²) in [4.78, 5) is 0. The Bertz CT molecular complexity index is 226. The Morgan fingerprint density at radius 3 is 2.15 bits per heavy atom. The van der Waals surface area contributed by atoms with Crippen LogP contribution in [0.25, 0.3) is 0 Å². The van der Waals surface area contributed by atoms with E-state index in [2.05, 4.69) is 25.4 Å². The molecule has 0 aliphatic carbocycles. The summed E-state index contributed by atoms with van der Waals surface area (Å²) in [7, 11) is 0. The number of allylic oxidation sites excluding steroid dienone is 1. The Morgan fingerprint density at radius 1 is 1.23 bits per heavy atom. The average Bonchev–Trinajstić information content (AvgIpc) is 2.20. The van der Waals surface area contributed by atoms with Crippen molar-refractivity contribution in [2.75, 3.05) is 5.32 Å². The SMILES string of the molecule is C=CCC.C=CNc1ccccc1. The molecule has 0 radical (unpaired) electrons. The molecule has 0 bridgehead atoms. The fourth-order valence-corrected chi connectivity index (χ4v) is 0.652. The van der Waals surface area contributed by atoms with E-state index in [1.165, 1.54) is 0 Å². The number of anilines is 1. The van der Waals surface area contributed by atoms with Crippen LogP contribution in [0.4, 0.5) is 5.69 Å². The van der Waals surface area contributed by atoms with Gasteiger partial charge in [0, 0.05) is 5.69 Å². The zero-order valence-corrected chi connectivity index (χ0v) is 8.16. The number of para-hydroxylation sites is 1. The van der Waals surface area contributed by atoms with Gasteiger partial charge in [-0.1, -0.05) is 37.8 Å². The molecule has 1 aromatic carbocycles. The highest BCUT2D eigenvalue weighted by Gasteiger charge is 1.79. The lowest BCUT2D eigenvalue weighted by Crippen LogP contribution is -1.82. The number of hydrogen-bond donors (Lipinski definition) is 1. The lowest BCUT2D eigenvalue weighted by atomic mass is 10.3. The van der Waals surface area contributed by atoms with Crippen molar-refractivity contribution in [3.05, 3.63) is 55.8 Å². The molecule has 0 unspecified atom stereocenters. The first-order chi connectivity index (χ1) is 6.35. The molecule has 0 amide bonds. The quantitative estimate of drug-likeness (QED) is 0.688. The van der Waals surface area contributed by atoms with E-state index in [0.717, 1.165) is 12.1 Å². The second kappa shape index (κ2) is 8.60. The minimum Gasteiger partial charge on any atom is -0.362 e. The molecular weight excluding hydrogens is 158 g/mol. The summed E-state index contributed by atoms with van der Waals surface area (Å²) in [5, 5.41) is 2.97. The molecule has 70 valence electrons. The van der Waals surface area contributed by atoms with Crippen LogP contribution in [0.5, 0.6) is 0 Å². The van der Waals surface area contributed by atoms with E-state index in [1.54, 1.807) is 6.20 Å². The number of benzene rings is 1. The minimum atomic E-state index is 1.08. The van der Waals surface area contributed by atoms with Gasteiger partial charge in [0.25, 0.3) is 0 Å². The van der Waals surface area contributed by atoms with Crippen molar-refractivity contribution >= 4 is 5.69 Å². The molecule has 0 atom stereocenters. The minimum absolute atomic E-state index is 1.08. The summed E-state index contributed by atoms with van der Waals surface area (Å²) in [5.74, 6) is 0. The van der Waals surface area contributed by atoms with Gasteiger partial charge in [-0.25, -0.2) is 0 Å². The van der Waals surface area contributed by atoms with E-state index in [-0.39, 0.29) is 0 Å². The maximum absolute atomic E-state index is 3.54. The van der Waals surface area contributed by atoms with Gasteiger partial charge in [0.2, 0.25) is 0 Å². The van der Waals surface area contributed by atoms with Gasteiger partial charge in [-0.3, -0.25) is 0 Å². The number of rotatable bonds is 3. The van der Waals surface area contributed by atoms with Crippen LogP contribution in [-0.2, 0) is 0 Å². The molecule has 0 fully saturated rings. The predicted molar refractivity (Wildman–Crippen MR) is 60.7 cm³/mol. The number of nitrogens with one attached hydrogen (secondary N) is 1. The standard InChI is InChI=1S/C8H9N.C4H8/c1-2-9-8-6-4-3-5-7-8;1-3-4-2/h2-7,9H,1H2;3H,1,4H2,2H3. The Kier molecular flexibility index (Phi) is 7.60. The normalized spacial score (nSPS) is 7.77. The van der Waals surface area contributed by atoms with E-state index < -0.39 is 0 Å². The van der Waals surface area contributed by atoms with Gasteiger partial charge >= 0.3 is 0 Å². The van der Waals surface area contributed by atoms with E-state index in [4.69, 9.17) is 0 Å². The van der Waals surface area contributed by atoms with Gasteiger partial charge in [0.15, 0.2) is 0 Å². The van der Waals surface area contributed by atoms with Crippen molar-refractivity contribution in [2.45, 2.75) is 13.3 Å². The van der Waals surface area contributed by atoms with Crippen LogP contribution >= 0.6 is 0 Å². The van der Waals surface area contributed by atoms with Gasteiger partial charge in [-0.05, 0) is 24.8 Å². The zero-order valence-electron chi connectivity index (χ0n) is 8.16. The van der Waals surface area contributed by atoms with Crippen molar-refractivity contribution in [1.29, 1.82) is 0 Å². The molecular formula is C12H17N. The molecule has 0 aliphatic heterocycles. The van der Waals surface area contributed by atoms with Crippen LogP contribution in [0.15, 0.2) is 55.8 Å². The van der Waals surface area contributed by atoms with E-state index >= 15 is 0 Å². The van der Waals surface area contributed by atoms with Crippen molar-refractivity contribution in [1.82, 2.24) is 0 Å². The third-order valence-corrected chi connectivity index (χ3v) is 1.33. The highest BCUT2D eigenvalue weighted by Crippen LogP contribution is 2.03. The van der Waals surface area contributed by atoms with Gasteiger partial charge in [0.1, 0.15) is 0 Å². The first-order valence-electron chi connectivity index (χ1n) is 4.38. The molecule has 0 saturated heterocycles. The van der Waals surface area contributed by atoms with Crippen LogP contribution in [0.3, 0.4) is 0 Å². The van der Waals surface area contributed by atoms with Crippen molar-refractivity contribution < 1.29 is 0 Å². The Balaban J connectivity index is 0.000000310. The zero-order chi connectivity index (χ0) is 9.94. The predicted octanol–water partition coefficient (Wildman–Crippen LogP) is 3.82. The summed E-state index contributed by atoms with van der Waals surface area (Å²) >= 11 is 0. The summed E-state index contributed by atoms with van der Waals surface area (Å²) < 4.78 is 0. The van der Waals surface area contributed by atoms with Crippen LogP contribution < -0.4 is 5.32 Å². The maximum Gasteiger partial charge on any atom is 0.0379 e. The second-order valence-electron chi connectivity index (χ2n) is 2.41. The van der Waals surface area contributed by atoms with Crippen LogP contribution in [-0.4, -0.2) is 0 Å². The smallest absolute Gasteiger partial charge is 0.0379 e. The second-order valence-corrected chi connectivity index (χ2v) is 2.41. The summed E-state index contributed by atoms with van der Waals surface area (Å²) in [6.07, 6.45) is 4.62. The van der Waals surface area contributed by atoms with E-state index in [1.807, 2.05) is 36.4 Å². The third kappa shape index (κ3) is 6.88. The Labute approximate surface area is 80.8 Å². The Morgan fingerprint density at radius 2 is 1.77 bits per heavy atom. The van der Waals surface area contributed by atoms with Crippen molar-refractivity contribution in [2.24, 2.45) is 0 Å². The molecule has 1 rings (SSSR count). The van der Waals surface area contributed by atoms with E-state index in [9.17, 15) is 0 Å². The maximum atomic E-state index is 3.54.